The minimum absolute atomic E-state index is 0.0643. The predicted molar refractivity (Wildman–Crippen MR) is 101 cm³/mol. The van der Waals surface area contributed by atoms with E-state index in [9.17, 15) is 27.6 Å². The second kappa shape index (κ2) is 9.08. The number of thiophene rings is 1. The average Bonchev–Trinajstić information content (AvgIpc) is 2.96. The summed E-state index contributed by atoms with van der Waals surface area (Å²) in [7, 11) is 0. The van der Waals surface area contributed by atoms with Crippen molar-refractivity contribution in [3.05, 3.63) is 45.8 Å². The van der Waals surface area contributed by atoms with Gasteiger partial charge in [0.2, 0.25) is 0 Å². The number of hydrogen-bond acceptors (Lipinski definition) is 6. The van der Waals surface area contributed by atoms with Crippen molar-refractivity contribution in [3.63, 3.8) is 0 Å². The summed E-state index contributed by atoms with van der Waals surface area (Å²) in [5, 5.41) is 2.57. The maximum atomic E-state index is 12.7. The molecule has 0 bridgehead atoms. The Morgan fingerprint density at radius 3 is 2.48 bits per heavy atom. The lowest BCUT2D eigenvalue weighted by Crippen LogP contribution is -2.21. The fourth-order valence-electron chi connectivity index (χ4n) is 2.46. The zero-order valence-corrected chi connectivity index (χ0v) is 16.6. The van der Waals surface area contributed by atoms with E-state index < -0.39 is 30.2 Å². The molecule has 29 heavy (non-hydrogen) atoms. The maximum Gasteiger partial charge on any atom is 0.416 e. The van der Waals surface area contributed by atoms with Crippen molar-refractivity contribution < 1.29 is 37.0 Å². The second-order valence-corrected chi connectivity index (χ2v) is 6.92. The number of ether oxygens (including phenoxy) is 2. The van der Waals surface area contributed by atoms with Gasteiger partial charge < -0.3 is 14.8 Å². The molecule has 0 saturated carbocycles. The number of alkyl halides is 3. The first-order valence-corrected chi connectivity index (χ1v) is 9.27. The first kappa shape index (κ1) is 22.4. The van der Waals surface area contributed by atoms with Gasteiger partial charge in [-0.3, -0.25) is 9.59 Å². The number of carbonyl (C=O) groups excluding carboxylic acids is 3. The van der Waals surface area contributed by atoms with Crippen LogP contribution in [0.2, 0.25) is 0 Å². The third-order valence-corrected chi connectivity index (χ3v) is 5.04. The molecule has 1 aromatic heterocycles. The minimum Gasteiger partial charge on any atom is -0.484 e. The van der Waals surface area contributed by atoms with E-state index in [1.807, 2.05) is 0 Å². The smallest absolute Gasteiger partial charge is 0.416 e. The molecule has 1 N–H and O–H groups in total. The van der Waals surface area contributed by atoms with Crippen LogP contribution >= 0.6 is 11.3 Å². The highest BCUT2D eigenvalue weighted by atomic mass is 32.1. The molecule has 0 spiro atoms. The van der Waals surface area contributed by atoms with Gasteiger partial charge in [0.25, 0.3) is 5.91 Å². The summed E-state index contributed by atoms with van der Waals surface area (Å²) in [6, 6.07) is 4.11. The summed E-state index contributed by atoms with van der Waals surface area (Å²) in [6.07, 6.45) is -4.53. The Balaban J connectivity index is 2.15. The summed E-state index contributed by atoms with van der Waals surface area (Å²) < 4.78 is 48.3. The monoisotopic (exact) mass is 429 g/mol. The van der Waals surface area contributed by atoms with Crippen molar-refractivity contribution in [1.29, 1.82) is 0 Å². The van der Waals surface area contributed by atoms with Gasteiger partial charge in [0.05, 0.1) is 22.6 Å². The standard InChI is InChI=1S/C19H18F3NO5S/c1-4-27-18(26)15-10(2)16(11(3)24)29-17(15)23-14(25)9-28-13-7-5-6-12(8-13)19(20,21)22/h5-8H,4,9H2,1-3H3,(H,23,25). The Hall–Kier alpha value is -2.88. The molecule has 6 nitrogen and oxygen atoms in total. The molecule has 0 radical (unpaired) electrons. The lowest BCUT2D eigenvalue weighted by molar-refractivity contribution is -0.137. The molecule has 2 aromatic rings. The predicted octanol–water partition coefficient (Wildman–Crippen LogP) is 4.47. The molecule has 1 amide bonds. The van der Waals surface area contributed by atoms with Crippen molar-refractivity contribution >= 4 is 34.0 Å². The van der Waals surface area contributed by atoms with E-state index in [0.29, 0.717) is 10.4 Å². The first-order valence-electron chi connectivity index (χ1n) is 8.46. The third kappa shape index (κ3) is 5.57. The van der Waals surface area contributed by atoms with Gasteiger partial charge >= 0.3 is 12.1 Å². The number of rotatable bonds is 7. The van der Waals surface area contributed by atoms with Crippen LogP contribution in [0.25, 0.3) is 0 Å². The molecule has 10 heteroatoms. The molecule has 0 fully saturated rings. The number of hydrogen-bond donors (Lipinski definition) is 1. The highest BCUT2D eigenvalue weighted by Crippen LogP contribution is 2.34. The number of Topliss-reactive ketones (excluding diaryl/α,β-unsaturated/α-hetero) is 1. The van der Waals surface area contributed by atoms with Crippen LogP contribution in [0.1, 0.15) is 45.0 Å². The molecule has 1 aromatic carbocycles. The van der Waals surface area contributed by atoms with E-state index in [4.69, 9.17) is 9.47 Å². The van der Waals surface area contributed by atoms with Crippen molar-refractivity contribution in [3.8, 4) is 5.75 Å². The lowest BCUT2D eigenvalue weighted by atomic mass is 10.1. The fraction of sp³-hybridized carbons (Fsp3) is 0.316. The van der Waals surface area contributed by atoms with Crippen molar-refractivity contribution in [2.45, 2.75) is 26.9 Å². The van der Waals surface area contributed by atoms with Gasteiger partial charge in [-0.1, -0.05) is 6.07 Å². The molecule has 0 unspecified atom stereocenters. The molecule has 0 aliphatic rings. The number of benzene rings is 1. The van der Waals surface area contributed by atoms with Gasteiger partial charge in [0.15, 0.2) is 12.4 Å². The molecule has 0 aliphatic heterocycles. The summed E-state index contributed by atoms with van der Waals surface area (Å²) in [6.45, 7) is 4.03. The van der Waals surface area contributed by atoms with Crippen LogP contribution in [-0.4, -0.2) is 30.9 Å². The molecule has 2 rings (SSSR count). The maximum absolute atomic E-state index is 12.7. The van der Waals surface area contributed by atoms with Gasteiger partial charge in [-0.05, 0) is 44.5 Å². The molecule has 1 heterocycles. The normalized spacial score (nSPS) is 11.1. The lowest BCUT2D eigenvalue weighted by Gasteiger charge is -2.10. The van der Waals surface area contributed by atoms with Crippen molar-refractivity contribution in [1.82, 2.24) is 0 Å². The van der Waals surface area contributed by atoms with Crippen molar-refractivity contribution in [2.75, 3.05) is 18.5 Å². The van der Waals surface area contributed by atoms with Gasteiger partial charge in [-0.15, -0.1) is 11.3 Å². The van der Waals surface area contributed by atoms with E-state index in [0.717, 1.165) is 29.5 Å². The number of carbonyl (C=O) groups is 3. The SMILES string of the molecule is CCOC(=O)c1c(NC(=O)COc2cccc(C(F)(F)F)c2)sc(C(C)=O)c1C. The van der Waals surface area contributed by atoms with E-state index in [-0.39, 0.29) is 28.7 Å². The van der Waals surface area contributed by atoms with E-state index in [1.54, 1.807) is 13.8 Å². The van der Waals surface area contributed by atoms with Crippen molar-refractivity contribution in [2.24, 2.45) is 0 Å². The van der Waals surface area contributed by atoms with Crippen LogP contribution in [0.4, 0.5) is 18.2 Å². The summed E-state index contributed by atoms with van der Waals surface area (Å²) >= 11 is 0.918. The molecule has 0 aliphatic carbocycles. The van der Waals surface area contributed by atoms with Crippen LogP contribution in [0, 0.1) is 6.92 Å². The number of nitrogens with one attached hydrogen (secondary N) is 1. The zero-order valence-electron chi connectivity index (χ0n) is 15.8. The molecule has 0 saturated heterocycles. The number of esters is 1. The summed E-state index contributed by atoms with van der Waals surface area (Å²) in [5.41, 5.74) is -0.454. The highest BCUT2D eigenvalue weighted by molar-refractivity contribution is 7.18. The van der Waals surface area contributed by atoms with Gasteiger partial charge in [0, 0.05) is 0 Å². The Labute approximate surface area is 168 Å². The molecule has 0 atom stereocenters. The number of anilines is 1. The van der Waals surface area contributed by atoms with Crippen LogP contribution in [-0.2, 0) is 15.7 Å². The van der Waals surface area contributed by atoms with E-state index >= 15 is 0 Å². The Bertz CT molecular complexity index is 936. The topological polar surface area (TPSA) is 81.7 Å². The van der Waals surface area contributed by atoms with Crippen LogP contribution in [0.3, 0.4) is 0 Å². The largest absolute Gasteiger partial charge is 0.484 e. The second-order valence-electron chi connectivity index (χ2n) is 5.90. The van der Waals surface area contributed by atoms with Gasteiger partial charge in [-0.2, -0.15) is 13.2 Å². The fourth-order valence-corrected chi connectivity index (χ4v) is 3.57. The van der Waals surface area contributed by atoms with Crippen LogP contribution in [0.5, 0.6) is 5.75 Å². The zero-order chi connectivity index (χ0) is 21.8. The third-order valence-electron chi connectivity index (χ3n) is 3.73. The van der Waals surface area contributed by atoms with E-state index in [2.05, 4.69) is 5.32 Å². The highest BCUT2D eigenvalue weighted by Gasteiger charge is 2.30. The molecular weight excluding hydrogens is 411 g/mol. The van der Waals surface area contributed by atoms with E-state index in [1.165, 1.54) is 13.0 Å². The number of halogens is 3. The van der Waals surface area contributed by atoms with Gasteiger partial charge in [-0.25, -0.2) is 4.79 Å². The number of amides is 1. The Morgan fingerprint density at radius 2 is 1.90 bits per heavy atom. The Morgan fingerprint density at radius 1 is 1.21 bits per heavy atom. The summed E-state index contributed by atoms with van der Waals surface area (Å²) in [5.74, 6) is -1.81. The van der Waals surface area contributed by atoms with Gasteiger partial charge in [0.1, 0.15) is 10.8 Å². The Kier molecular flexibility index (Phi) is 7.02. The van der Waals surface area contributed by atoms with Crippen LogP contribution < -0.4 is 10.1 Å². The molecular formula is C19H18F3NO5S. The first-order chi connectivity index (χ1) is 13.5. The average molecular weight is 429 g/mol. The molecule has 156 valence electrons. The summed E-state index contributed by atoms with van der Waals surface area (Å²) in [4.78, 5) is 36.4. The number of ketones is 1. The van der Waals surface area contributed by atoms with Crippen LogP contribution in [0.15, 0.2) is 24.3 Å². The quantitative estimate of drug-likeness (QED) is 0.519. The minimum atomic E-state index is -4.53.